The van der Waals surface area contributed by atoms with Gasteiger partial charge in [0.25, 0.3) is 0 Å². The summed E-state index contributed by atoms with van der Waals surface area (Å²) < 4.78 is 18.2. The predicted octanol–water partition coefficient (Wildman–Crippen LogP) is 3.67. The summed E-state index contributed by atoms with van der Waals surface area (Å²) in [5.41, 5.74) is 1.34. The lowest BCUT2D eigenvalue weighted by Gasteiger charge is -2.14. The van der Waals surface area contributed by atoms with Crippen molar-refractivity contribution in [2.75, 3.05) is 25.3 Å². The molecule has 0 fully saturated rings. The van der Waals surface area contributed by atoms with Gasteiger partial charge in [-0.1, -0.05) is 11.8 Å². The Morgan fingerprint density at radius 2 is 1.97 bits per heavy atom. The molecule has 4 aromatic rings. The van der Waals surface area contributed by atoms with Gasteiger partial charge in [-0.3, -0.25) is 14.3 Å². The molecule has 0 unspecified atom stereocenters. The molecule has 31 heavy (non-hydrogen) atoms. The number of anilines is 1. The summed E-state index contributed by atoms with van der Waals surface area (Å²) >= 11 is 1.24. The smallest absolute Gasteiger partial charge is 0.234 e. The molecule has 1 N–H and O–H groups in total. The van der Waals surface area contributed by atoms with Crippen LogP contribution in [0, 0.1) is 0 Å². The fraction of sp³-hybridized carbons (Fsp3) is 0.143. The Kier molecular flexibility index (Phi) is 6.18. The number of carbonyl (C=O) groups excluding carboxylic acids is 1. The maximum Gasteiger partial charge on any atom is 0.234 e. The Balaban J connectivity index is 1.67. The van der Waals surface area contributed by atoms with Crippen LogP contribution in [0.2, 0.25) is 0 Å². The summed E-state index contributed by atoms with van der Waals surface area (Å²) in [6.07, 6.45) is 4.79. The van der Waals surface area contributed by atoms with Gasteiger partial charge >= 0.3 is 0 Å². The van der Waals surface area contributed by atoms with E-state index in [0.29, 0.717) is 39.6 Å². The summed E-state index contributed by atoms with van der Waals surface area (Å²) in [7, 11) is 3.17. The van der Waals surface area contributed by atoms with E-state index in [2.05, 4.69) is 20.5 Å². The van der Waals surface area contributed by atoms with Crippen molar-refractivity contribution in [1.82, 2.24) is 19.7 Å². The molecule has 1 aromatic carbocycles. The van der Waals surface area contributed by atoms with Gasteiger partial charge in [0.05, 0.1) is 31.9 Å². The highest BCUT2D eigenvalue weighted by Gasteiger charge is 2.22. The zero-order valence-electron chi connectivity index (χ0n) is 16.8. The largest absolute Gasteiger partial charge is 0.497 e. The first kappa shape index (κ1) is 20.5. The topological polar surface area (TPSA) is 104 Å². The number of benzene rings is 1. The first-order valence-corrected chi connectivity index (χ1v) is 10.2. The SMILES string of the molecule is COc1ccc(OC)c(-n2c(SCC(=O)Nc3ccncc3)nnc2-c2ccco2)c1. The Bertz CT molecular complexity index is 1160. The molecule has 158 valence electrons. The molecule has 1 amide bonds. The summed E-state index contributed by atoms with van der Waals surface area (Å²) in [5, 5.41) is 11.9. The standard InChI is InChI=1S/C21H19N5O4S/c1-28-15-5-6-17(29-2)16(12-15)26-20(18-4-3-11-30-18)24-25-21(26)31-13-19(27)23-14-7-9-22-10-8-14/h3-12H,13H2,1-2H3,(H,22,23,27). The van der Waals surface area contributed by atoms with E-state index in [9.17, 15) is 4.79 Å². The number of aromatic nitrogens is 4. The molecule has 0 saturated carbocycles. The van der Waals surface area contributed by atoms with Crippen LogP contribution in [0.1, 0.15) is 0 Å². The zero-order valence-corrected chi connectivity index (χ0v) is 17.6. The van der Waals surface area contributed by atoms with E-state index < -0.39 is 0 Å². The monoisotopic (exact) mass is 437 g/mol. The number of nitrogens with zero attached hydrogens (tertiary/aromatic N) is 4. The minimum Gasteiger partial charge on any atom is -0.497 e. The van der Waals surface area contributed by atoms with Crippen LogP contribution < -0.4 is 14.8 Å². The maximum absolute atomic E-state index is 12.4. The average molecular weight is 437 g/mol. The highest BCUT2D eigenvalue weighted by atomic mass is 32.2. The van der Waals surface area contributed by atoms with Crippen LogP contribution in [0.4, 0.5) is 5.69 Å². The van der Waals surface area contributed by atoms with Crippen LogP contribution in [0.5, 0.6) is 11.5 Å². The van der Waals surface area contributed by atoms with Gasteiger partial charge in [-0.25, -0.2) is 0 Å². The van der Waals surface area contributed by atoms with Crippen LogP contribution >= 0.6 is 11.8 Å². The number of rotatable bonds is 8. The minimum absolute atomic E-state index is 0.130. The third-order valence-corrected chi connectivity index (χ3v) is 5.23. The lowest BCUT2D eigenvalue weighted by molar-refractivity contribution is -0.113. The van der Waals surface area contributed by atoms with E-state index in [1.807, 2.05) is 6.07 Å². The van der Waals surface area contributed by atoms with Gasteiger partial charge in [0.1, 0.15) is 11.5 Å². The van der Waals surface area contributed by atoms with Crippen molar-refractivity contribution >= 4 is 23.4 Å². The van der Waals surface area contributed by atoms with Crippen LogP contribution in [-0.4, -0.2) is 45.6 Å². The van der Waals surface area contributed by atoms with Crippen LogP contribution in [0.25, 0.3) is 17.3 Å². The summed E-state index contributed by atoms with van der Waals surface area (Å²) in [6.45, 7) is 0. The van der Waals surface area contributed by atoms with Gasteiger partial charge in [-0.15, -0.1) is 10.2 Å². The van der Waals surface area contributed by atoms with Gasteiger partial charge in [-0.05, 0) is 36.4 Å². The van der Waals surface area contributed by atoms with E-state index >= 15 is 0 Å². The minimum atomic E-state index is -0.178. The van der Waals surface area contributed by atoms with Gasteiger partial charge in [0, 0.05) is 24.1 Å². The van der Waals surface area contributed by atoms with Crippen LogP contribution in [0.15, 0.2) is 70.7 Å². The van der Waals surface area contributed by atoms with Crippen molar-refractivity contribution in [2.45, 2.75) is 5.16 Å². The number of pyridine rings is 1. The highest BCUT2D eigenvalue weighted by Crippen LogP contribution is 2.35. The molecule has 3 heterocycles. The van der Waals surface area contributed by atoms with Crippen LogP contribution in [0.3, 0.4) is 0 Å². The highest BCUT2D eigenvalue weighted by molar-refractivity contribution is 7.99. The number of furan rings is 1. The van der Waals surface area contributed by atoms with Crippen molar-refractivity contribution in [3.63, 3.8) is 0 Å². The molecule has 0 spiro atoms. The average Bonchev–Trinajstić information content (AvgIpc) is 3.47. The summed E-state index contributed by atoms with van der Waals surface area (Å²) in [4.78, 5) is 16.4. The van der Waals surface area contributed by atoms with E-state index in [1.165, 1.54) is 11.8 Å². The first-order valence-electron chi connectivity index (χ1n) is 9.24. The number of hydrogen-bond acceptors (Lipinski definition) is 8. The molecule has 3 aromatic heterocycles. The molecule has 0 bridgehead atoms. The molecular formula is C21H19N5O4S. The quantitative estimate of drug-likeness (QED) is 0.417. The molecule has 4 rings (SSSR count). The van der Waals surface area contributed by atoms with E-state index in [-0.39, 0.29) is 11.7 Å². The molecular weight excluding hydrogens is 418 g/mol. The summed E-state index contributed by atoms with van der Waals surface area (Å²) in [6, 6.07) is 12.4. The summed E-state index contributed by atoms with van der Waals surface area (Å²) in [5.74, 6) is 2.20. The first-order chi connectivity index (χ1) is 15.2. The number of hydrogen-bond donors (Lipinski definition) is 1. The molecule has 0 aliphatic rings. The van der Waals surface area contributed by atoms with Crippen molar-refractivity contribution in [3.8, 4) is 28.8 Å². The number of methoxy groups -OCH3 is 2. The lowest BCUT2D eigenvalue weighted by Crippen LogP contribution is -2.14. The second-order valence-corrected chi connectivity index (χ2v) is 7.17. The second-order valence-electron chi connectivity index (χ2n) is 6.23. The van der Waals surface area contributed by atoms with Crippen molar-refractivity contribution in [3.05, 3.63) is 61.1 Å². The Hall–Kier alpha value is -3.79. The Labute approximate surface area is 182 Å². The van der Waals surface area contributed by atoms with E-state index in [1.54, 1.807) is 73.8 Å². The fourth-order valence-electron chi connectivity index (χ4n) is 2.88. The molecule has 10 heteroatoms. The maximum atomic E-state index is 12.4. The van der Waals surface area contributed by atoms with Crippen molar-refractivity contribution in [2.24, 2.45) is 0 Å². The molecule has 0 radical (unpaired) electrons. The molecule has 0 aliphatic carbocycles. The zero-order chi connectivity index (χ0) is 21.6. The number of carbonyl (C=O) groups is 1. The van der Waals surface area contributed by atoms with Crippen molar-refractivity contribution < 1.29 is 18.7 Å². The van der Waals surface area contributed by atoms with Gasteiger partial charge in [-0.2, -0.15) is 0 Å². The number of thioether (sulfide) groups is 1. The molecule has 9 nitrogen and oxygen atoms in total. The number of nitrogens with one attached hydrogen (secondary N) is 1. The van der Waals surface area contributed by atoms with Crippen molar-refractivity contribution in [1.29, 1.82) is 0 Å². The molecule has 0 saturated heterocycles. The van der Waals surface area contributed by atoms with E-state index in [4.69, 9.17) is 13.9 Å². The number of ether oxygens (including phenoxy) is 2. The molecule has 0 aliphatic heterocycles. The molecule has 0 atom stereocenters. The fourth-order valence-corrected chi connectivity index (χ4v) is 3.62. The van der Waals surface area contributed by atoms with Crippen LogP contribution in [-0.2, 0) is 4.79 Å². The second kappa shape index (κ2) is 9.35. The van der Waals surface area contributed by atoms with Gasteiger partial charge in [0.2, 0.25) is 11.7 Å². The normalized spacial score (nSPS) is 10.6. The predicted molar refractivity (Wildman–Crippen MR) is 116 cm³/mol. The lowest BCUT2D eigenvalue weighted by atomic mass is 10.2. The van der Waals surface area contributed by atoms with Gasteiger partial charge < -0.3 is 19.2 Å². The third-order valence-electron chi connectivity index (χ3n) is 4.30. The third kappa shape index (κ3) is 4.53. The van der Waals surface area contributed by atoms with Gasteiger partial charge in [0.15, 0.2) is 10.9 Å². The number of amides is 1. The Morgan fingerprint density at radius 3 is 2.68 bits per heavy atom. The van der Waals surface area contributed by atoms with E-state index in [0.717, 1.165) is 0 Å². The Morgan fingerprint density at radius 1 is 1.13 bits per heavy atom.